The van der Waals surface area contributed by atoms with Crippen LogP contribution in [0.5, 0.6) is 0 Å². The normalized spacial score (nSPS) is 10.0. The Morgan fingerprint density at radius 1 is 1.40 bits per heavy atom. The Labute approximate surface area is 92.0 Å². The summed E-state index contributed by atoms with van der Waals surface area (Å²) in [6.07, 6.45) is 0.940. The summed E-state index contributed by atoms with van der Waals surface area (Å²) in [7, 11) is 1.73. The highest BCUT2D eigenvalue weighted by atomic mass is 16.5. The van der Waals surface area contributed by atoms with Crippen molar-refractivity contribution in [3.63, 3.8) is 0 Å². The second-order valence-corrected chi connectivity index (χ2v) is 3.71. The van der Waals surface area contributed by atoms with Crippen LogP contribution in [0, 0.1) is 0 Å². The minimum atomic E-state index is 0.756. The first-order chi connectivity index (χ1) is 7.24. The summed E-state index contributed by atoms with van der Waals surface area (Å²) in [5.41, 5.74) is 3.61. The first kappa shape index (κ1) is 11.8. The number of anilines is 1. The number of nitrogens with one attached hydrogen (secondary N) is 1. The maximum Gasteiger partial charge on any atom is 0.0503 e. The quantitative estimate of drug-likeness (QED) is 0.721. The molecule has 0 spiro atoms. The molecule has 0 bridgehead atoms. The van der Waals surface area contributed by atoms with Crippen LogP contribution in [-0.4, -0.2) is 20.3 Å². The van der Waals surface area contributed by atoms with Gasteiger partial charge in [0.05, 0.1) is 6.61 Å². The maximum absolute atomic E-state index is 5.08. The van der Waals surface area contributed by atoms with Crippen LogP contribution in [0.2, 0.25) is 0 Å². The van der Waals surface area contributed by atoms with Gasteiger partial charge in [-0.15, -0.1) is 0 Å². The van der Waals surface area contributed by atoms with E-state index >= 15 is 0 Å². The summed E-state index contributed by atoms with van der Waals surface area (Å²) in [6.45, 7) is 7.47. The van der Waals surface area contributed by atoms with Gasteiger partial charge in [-0.3, -0.25) is 0 Å². The number of para-hydroxylation sites is 1. The van der Waals surface area contributed by atoms with E-state index < -0.39 is 0 Å². The molecule has 0 saturated heterocycles. The fourth-order valence-corrected chi connectivity index (χ4v) is 1.37. The van der Waals surface area contributed by atoms with Crippen molar-refractivity contribution >= 4 is 5.69 Å². The summed E-state index contributed by atoms with van der Waals surface area (Å²) in [5.74, 6) is 0. The van der Waals surface area contributed by atoms with Gasteiger partial charge in [0.2, 0.25) is 0 Å². The van der Waals surface area contributed by atoms with Gasteiger partial charge in [0.1, 0.15) is 0 Å². The van der Waals surface area contributed by atoms with Crippen LogP contribution in [-0.2, 0) is 11.2 Å². The number of methoxy groups -OCH3 is 1. The van der Waals surface area contributed by atoms with E-state index in [4.69, 9.17) is 4.74 Å². The van der Waals surface area contributed by atoms with Gasteiger partial charge in [0.15, 0.2) is 0 Å². The fraction of sp³-hybridized carbons (Fsp3) is 0.385. The zero-order valence-corrected chi connectivity index (χ0v) is 9.55. The first-order valence-corrected chi connectivity index (χ1v) is 5.19. The molecule has 0 aliphatic rings. The molecule has 2 heteroatoms. The first-order valence-electron chi connectivity index (χ1n) is 5.19. The Morgan fingerprint density at radius 2 is 2.13 bits per heavy atom. The minimum Gasteiger partial charge on any atom is -0.384 e. The maximum atomic E-state index is 5.08. The van der Waals surface area contributed by atoms with Crippen molar-refractivity contribution in [3.05, 3.63) is 42.0 Å². The average Bonchev–Trinajstić information content (AvgIpc) is 2.24. The molecule has 0 amide bonds. The zero-order valence-electron chi connectivity index (χ0n) is 9.55. The van der Waals surface area contributed by atoms with Crippen molar-refractivity contribution in [3.8, 4) is 0 Å². The smallest absolute Gasteiger partial charge is 0.0503 e. The second-order valence-electron chi connectivity index (χ2n) is 3.71. The number of benzene rings is 1. The Morgan fingerprint density at radius 3 is 2.80 bits per heavy atom. The molecule has 1 aromatic rings. The van der Waals surface area contributed by atoms with E-state index in [0.29, 0.717) is 0 Å². The van der Waals surface area contributed by atoms with E-state index in [2.05, 4.69) is 30.1 Å². The number of rotatable bonds is 6. The topological polar surface area (TPSA) is 21.3 Å². The highest BCUT2D eigenvalue weighted by Gasteiger charge is 2.00. The van der Waals surface area contributed by atoms with Crippen molar-refractivity contribution in [2.24, 2.45) is 0 Å². The third-order valence-corrected chi connectivity index (χ3v) is 2.17. The summed E-state index contributed by atoms with van der Waals surface area (Å²) in [4.78, 5) is 0. The van der Waals surface area contributed by atoms with E-state index in [1.807, 2.05) is 13.0 Å². The molecule has 0 unspecified atom stereocenters. The summed E-state index contributed by atoms with van der Waals surface area (Å²) in [6, 6.07) is 8.31. The van der Waals surface area contributed by atoms with Crippen molar-refractivity contribution in [2.75, 3.05) is 25.6 Å². The molecule has 1 aromatic carbocycles. The summed E-state index contributed by atoms with van der Waals surface area (Å²) in [5, 5.41) is 3.37. The van der Waals surface area contributed by atoms with Crippen LogP contribution < -0.4 is 5.32 Å². The molecule has 15 heavy (non-hydrogen) atoms. The van der Waals surface area contributed by atoms with Gasteiger partial charge in [0, 0.05) is 19.3 Å². The lowest BCUT2D eigenvalue weighted by Crippen LogP contribution is -2.06. The van der Waals surface area contributed by atoms with E-state index in [1.165, 1.54) is 11.3 Å². The van der Waals surface area contributed by atoms with Crippen LogP contribution in [0.4, 0.5) is 5.69 Å². The van der Waals surface area contributed by atoms with Gasteiger partial charge in [-0.1, -0.05) is 30.4 Å². The van der Waals surface area contributed by atoms with Crippen molar-refractivity contribution in [1.29, 1.82) is 0 Å². The van der Waals surface area contributed by atoms with Crippen LogP contribution in [0.1, 0.15) is 12.5 Å². The largest absolute Gasteiger partial charge is 0.384 e. The molecule has 0 atom stereocenters. The average molecular weight is 205 g/mol. The molecule has 82 valence electrons. The Balaban J connectivity index is 2.63. The molecular formula is C13H19NO. The molecule has 0 aromatic heterocycles. The van der Waals surface area contributed by atoms with E-state index in [9.17, 15) is 0 Å². The molecule has 0 saturated carbocycles. The van der Waals surface area contributed by atoms with E-state index in [0.717, 1.165) is 25.1 Å². The molecule has 1 rings (SSSR count). The third kappa shape index (κ3) is 4.17. The number of hydrogen-bond acceptors (Lipinski definition) is 2. The van der Waals surface area contributed by atoms with Gasteiger partial charge in [-0.2, -0.15) is 0 Å². The van der Waals surface area contributed by atoms with E-state index in [1.54, 1.807) is 7.11 Å². The highest BCUT2D eigenvalue weighted by molar-refractivity contribution is 5.51. The molecule has 0 aliphatic heterocycles. The van der Waals surface area contributed by atoms with Crippen molar-refractivity contribution in [1.82, 2.24) is 0 Å². The molecule has 0 heterocycles. The third-order valence-electron chi connectivity index (χ3n) is 2.17. The minimum absolute atomic E-state index is 0.756. The van der Waals surface area contributed by atoms with E-state index in [-0.39, 0.29) is 0 Å². The van der Waals surface area contributed by atoms with Crippen molar-refractivity contribution in [2.45, 2.75) is 13.3 Å². The number of ether oxygens (including phenoxy) is 1. The molecule has 0 radical (unpaired) electrons. The zero-order chi connectivity index (χ0) is 11.1. The molecule has 2 nitrogen and oxygen atoms in total. The Kier molecular flexibility index (Phi) is 4.91. The summed E-state index contributed by atoms with van der Waals surface area (Å²) >= 11 is 0. The van der Waals surface area contributed by atoms with Gasteiger partial charge in [-0.05, 0) is 25.0 Å². The SMILES string of the molecule is C=C(C)CNc1ccccc1CCOC. The summed E-state index contributed by atoms with van der Waals surface area (Å²) < 4.78 is 5.08. The predicted octanol–water partition coefficient (Wildman–Crippen LogP) is 2.86. The van der Waals surface area contributed by atoms with Gasteiger partial charge in [0.25, 0.3) is 0 Å². The van der Waals surface area contributed by atoms with Crippen LogP contribution in [0.25, 0.3) is 0 Å². The van der Waals surface area contributed by atoms with Gasteiger partial charge < -0.3 is 10.1 Å². The van der Waals surface area contributed by atoms with Gasteiger partial charge >= 0.3 is 0 Å². The highest BCUT2D eigenvalue weighted by Crippen LogP contribution is 2.15. The Hall–Kier alpha value is -1.28. The lowest BCUT2D eigenvalue weighted by Gasteiger charge is -2.11. The molecule has 1 N–H and O–H groups in total. The number of hydrogen-bond donors (Lipinski definition) is 1. The van der Waals surface area contributed by atoms with Crippen LogP contribution in [0.3, 0.4) is 0 Å². The second kappa shape index (κ2) is 6.25. The molecule has 0 fully saturated rings. The molecular weight excluding hydrogens is 186 g/mol. The standard InChI is InChI=1S/C13H19NO/c1-11(2)10-14-13-7-5-4-6-12(13)8-9-15-3/h4-7,14H,1,8-10H2,2-3H3. The fourth-order valence-electron chi connectivity index (χ4n) is 1.37. The lowest BCUT2D eigenvalue weighted by molar-refractivity contribution is 0.202. The van der Waals surface area contributed by atoms with Crippen LogP contribution >= 0.6 is 0 Å². The Bertz CT molecular complexity index is 320. The van der Waals surface area contributed by atoms with Crippen LogP contribution in [0.15, 0.2) is 36.4 Å². The van der Waals surface area contributed by atoms with Gasteiger partial charge in [-0.25, -0.2) is 0 Å². The monoisotopic (exact) mass is 205 g/mol. The predicted molar refractivity (Wildman–Crippen MR) is 65.3 cm³/mol. The van der Waals surface area contributed by atoms with Crippen molar-refractivity contribution < 1.29 is 4.74 Å². The lowest BCUT2D eigenvalue weighted by atomic mass is 10.1. The molecule has 0 aliphatic carbocycles.